The fourth-order valence-corrected chi connectivity index (χ4v) is 2.10. The highest BCUT2D eigenvalue weighted by molar-refractivity contribution is 6.32. The van der Waals surface area contributed by atoms with Crippen molar-refractivity contribution in [2.24, 2.45) is 0 Å². The molecule has 0 aliphatic rings. The Morgan fingerprint density at radius 1 is 0.538 bits per heavy atom. The first-order valence-electron chi connectivity index (χ1n) is 6.23. The largest absolute Gasteiger partial charge is 0.478 e. The Labute approximate surface area is 141 Å². The topological polar surface area (TPSA) is 224 Å². The first kappa shape index (κ1) is 19.8. The van der Waals surface area contributed by atoms with Gasteiger partial charge in [0.2, 0.25) is 0 Å². The Morgan fingerprint density at radius 3 is 1.23 bits per heavy atom. The van der Waals surface area contributed by atoms with Crippen LogP contribution in [0.5, 0.6) is 0 Å². The van der Waals surface area contributed by atoms with E-state index in [1.807, 2.05) is 0 Å². The quantitative estimate of drug-likeness (QED) is 0.209. The van der Waals surface area contributed by atoms with Crippen LogP contribution in [0.25, 0.3) is 5.57 Å². The second-order valence-electron chi connectivity index (χ2n) is 4.49. The van der Waals surface area contributed by atoms with Crippen LogP contribution in [0.3, 0.4) is 0 Å². The first-order valence-corrected chi connectivity index (χ1v) is 6.23. The van der Waals surface area contributed by atoms with Gasteiger partial charge in [0.1, 0.15) is 0 Å². The summed E-state index contributed by atoms with van der Waals surface area (Å²) in [7, 11) is 0. The first-order chi connectivity index (χ1) is 11.9. The lowest BCUT2D eigenvalue weighted by atomic mass is 9.89. The smallest absolute Gasteiger partial charge is 0.344 e. The van der Waals surface area contributed by atoms with Gasteiger partial charge in [0.25, 0.3) is 0 Å². The van der Waals surface area contributed by atoms with Gasteiger partial charge in [-0.05, 0) is 6.07 Å². The summed E-state index contributed by atoms with van der Waals surface area (Å²) in [5, 5.41) is 54.3. The lowest BCUT2D eigenvalue weighted by Crippen LogP contribution is -2.22. The number of aliphatic carboxylic acids is 3. The Balaban J connectivity index is 4.22. The molecule has 0 amide bonds. The summed E-state index contributed by atoms with van der Waals surface area (Å²) in [4.78, 5) is 67.4. The molecule has 0 aliphatic heterocycles. The molecule has 0 saturated carbocycles. The molecule has 12 nitrogen and oxygen atoms in total. The van der Waals surface area contributed by atoms with Crippen molar-refractivity contribution < 1.29 is 59.4 Å². The highest BCUT2D eigenvalue weighted by atomic mass is 16.4. The van der Waals surface area contributed by atoms with Gasteiger partial charge in [0.15, 0.2) is 5.57 Å². The van der Waals surface area contributed by atoms with E-state index in [1.165, 1.54) is 0 Å². The van der Waals surface area contributed by atoms with Gasteiger partial charge in [-0.2, -0.15) is 0 Å². The molecule has 136 valence electrons. The summed E-state index contributed by atoms with van der Waals surface area (Å²) in [6.45, 7) is 0. The molecule has 26 heavy (non-hydrogen) atoms. The molecule has 1 rings (SSSR count). The number of hydrogen-bond acceptors (Lipinski definition) is 6. The third-order valence-electron chi connectivity index (χ3n) is 3.02. The van der Waals surface area contributed by atoms with Gasteiger partial charge in [0, 0.05) is 5.56 Å². The van der Waals surface area contributed by atoms with E-state index < -0.39 is 69.2 Å². The van der Waals surface area contributed by atoms with Gasteiger partial charge in [-0.25, -0.2) is 28.8 Å². The minimum atomic E-state index is -2.23. The maximum absolute atomic E-state index is 11.4. The zero-order valence-electron chi connectivity index (χ0n) is 12.3. The van der Waals surface area contributed by atoms with E-state index in [1.54, 1.807) is 0 Å². The predicted octanol–water partition coefficient (Wildman–Crippen LogP) is -0.211. The highest BCUT2D eigenvalue weighted by Crippen LogP contribution is 2.29. The summed E-state index contributed by atoms with van der Waals surface area (Å²) in [5.41, 5.74) is -8.09. The zero-order chi connectivity index (χ0) is 20.3. The van der Waals surface area contributed by atoms with Crippen LogP contribution in [-0.2, 0) is 14.4 Å². The second kappa shape index (κ2) is 7.12. The average Bonchev–Trinajstić information content (AvgIpc) is 2.49. The van der Waals surface area contributed by atoms with Crippen LogP contribution >= 0.6 is 0 Å². The van der Waals surface area contributed by atoms with Crippen LogP contribution in [0, 0.1) is 0 Å². The molecule has 12 heteroatoms. The molecule has 0 unspecified atom stereocenters. The molecule has 0 heterocycles. The molecule has 0 fully saturated rings. The SMILES string of the molecule is O=C(O)C(C(=O)O)=C(C(=O)O)c1ccc(C(=O)O)c(C(=O)O)c1C(=O)O. The maximum Gasteiger partial charge on any atom is 0.344 e. The molecular formula is C14H8O12. The van der Waals surface area contributed by atoms with Crippen molar-refractivity contribution in [2.75, 3.05) is 0 Å². The fourth-order valence-electron chi connectivity index (χ4n) is 2.10. The van der Waals surface area contributed by atoms with E-state index in [4.69, 9.17) is 25.5 Å². The van der Waals surface area contributed by atoms with Gasteiger partial charge >= 0.3 is 35.8 Å². The summed E-state index contributed by atoms with van der Waals surface area (Å²) in [6.07, 6.45) is 0. The molecule has 6 N–H and O–H groups in total. The number of carbonyl (C=O) groups is 6. The van der Waals surface area contributed by atoms with Crippen LogP contribution in [-0.4, -0.2) is 66.5 Å². The van der Waals surface area contributed by atoms with Crippen LogP contribution in [0.15, 0.2) is 17.7 Å². The minimum absolute atomic E-state index is 0.509. The fraction of sp³-hybridized carbons (Fsp3) is 0. The van der Waals surface area contributed by atoms with Gasteiger partial charge in [-0.15, -0.1) is 0 Å². The summed E-state index contributed by atoms with van der Waals surface area (Å²) < 4.78 is 0. The molecule has 0 radical (unpaired) electrons. The van der Waals surface area contributed by atoms with E-state index in [0.717, 1.165) is 0 Å². The number of rotatable bonds is 7. The van der Waals surface area contributed by atoms with E-state index in [0.29, 0.717) is 12.1 Å². The van der Waals surface area contributed by atoms with Gasteiger partial charge in [-0.1, -0.05) is 6.07 Å². The highest BCUT2D eigenvalue weighted by Gasteiger charge is 2.34. The molecule has 1 aromatic rings. The van der Waals surface area contributed by atoms with E-state index in [2.05, 4.69) is 0 Å². The van der Waals surface area contributed by atoms with Crippen molar-refractivity contribution in [2.45, 2.75) is 0 Å². The zero-order valence-corrected chi connectivity index (χ0v) is 12.3. The van der Waals surface area contributed by atoms with Gasteiger partial charge < -0.3 is 30.6 Å². The van der Waals surface area contributed by atoms with Crippen molar-refractivity contribution in [1.82, 2.24) is 0 Å². The molecule has 0 aliphatic carbocycles. The monoisotopic (exact) mass is 368 g/mol. The summed E-state index contributed by atoms with van der Waals surface area (Å²) in [5.74, 6) is -12.6. The van der Waals surface area contributed by atoms with Crippen molar-refractivity contribution >= 4 is 41.4 Å². The normalized spacial score (nSPS) is 9.85. The number of aromatic carboxylic acids is 3. The third-order valence-corrected chi connectivity index (χ3v) is 3.02. The Hall–Kier alpha value is -4.22. The predicted molar refractivity (Wildman–Crippen MR) is 77.1 cm³/mol. The van der Waals surface area contributed by atoms with E-state index in [9.17, 15) is 33.9 Å². The van der Waals surface area contributed by atoms with E-state index >= 15 is 0 Å². The molecule has 0 aromatic heterocycles. The van der Waals surface area contributed by atoms with Crippen molar-refractivity contribution in [3.8, 4) is 0 Å². The molecule has 0 spiro atoms. The third kappa shape index (κ3) is 3.48. The number of carboxylic acids is 6. The molecule has 1 aromatic carbocycles. The minimum Gasteiger partial charge on any atom is -0.478 e. The number of benzene rings is 1. The van der Waals surface area contributed by atoms with Crippen LogP contribution in [0.2, 0.25) is 0 Å². The van der Waals surface area contributed by atoms with Gasteiger partial charge in [0.05, 0.1) is 22.3 Å². The number of carboxylic acid groups (broad SMARTS) is 6. The van der Waals surface area contributed by atoms with Crippen molar-refractivity contribution in [3.63, 3.8) is 0 Å². The molecule has 0 saturated heterocycles. The molecule has 0 atom stereocenters. The Bertz CT molecular complexity index is 889. The van der Waals surface area contributed by atoms with Crippen molar-refractivity contribution in [3.05, 3.63) is 40.0 Å². The molecule has 0 bridgehead atoms. The second-order valence-corrected chi connectivity index (χ2v) is 4.49. The maximum atomic E-state index is 11.4. The lowest BCUT2D eigenvalue weighted by molar-refractivity contribution is -0.141. The van der Waals surface area contributed by atoms with Crippen LogP contribution in [0.4, 0.5) is 0 Å². The van der Waals surface area contributed by atoms with Gasteiger partial charge in [-0.3, -0.25) is 0 Å². The summed E-state index contributed by atoms with van der Waals surface area (Å²) >= 11 is 0. The Morgan fingerprint density at radius 2 is 0.923 bits per heavy atom. The summed E-state index contributed by atoms with van der Waals surface area (Å²) in [6, 6.07) is 1.03. The van der Waals surface area contributed by atoms with Crippen molar-refractivity contribution in [1.29, 1.82) is 0 Å². The van der Waals surface area contributed by atoms with E-state index in [-0.39, 0.29) is 0 Å². The lowest BCUT2D eigenvalue weighted by Gasteiger charge is -2.13. The van der Waals surface area contributed by atoms with Crippen LogP contribution < -0.4 is 0 Å². The Kier molecular flexibility index (Phi) is 5.43. The number of hydrogen-bond donors (Lipinski definition) is 6. The molecular weight excluding hydrogens is 360 g/mol. The standard InChI is InChI=1S/C14H8O12/c15-9(16)4-2-1-3(5(10(17)18)7(4)12(21)22)6(11(19)20)8(13(23)24)14(25)26/h1-2H,(H,15,16)(H,17,18)(H,19,20)(H,21,22)(H,23,24)(H,25,26). The average molecular weight is 368 g/mol. The van der Waals surface area contributed by atoms with Crippen LogP contribution in [0.1, 0.15) is 36.6 Å².